The molecule has 0 radical (unpaired) electrons. The minimum Gasteiger partial charge on any atom is -0.494 e. The molecule has 0 bridgehead atoms. The van der Waals surface area contributed by atoms with Gasteiger partial charge in [0.1, 0.15) is 17.9 Å². The number of aliphatic carboxylic acids is 1. The van der Waals surface area contributed by atoms with Crippen LogP contribution in [-0.2, 0) is 11.3 Å². The fourth-order valence-corrected chi connectivity index (χ4v) is 4.37. The van der Waals surface area contributed by atoms with Crippen molar-refractivity contribution in [3.8, 4) is 17.1 Å². The van der Waals surface area contributed by atoms with Crippen LogP contribution in [-0.4, -0.2) is 49.8 Å². The van der Waals surface area contributed by atoms with Gasteiger partial charge in [-0.05, 0) is 63.1 Å². The van der Waals surface area contributed by atoms with E-state index in [4.69, 9.17) is 38.0 Å². The number of fused-ring (bicyclic) bond motifs is 1. The van der Waals surface area contributed by atoms with Gasteiger partial charge in [0, 0.05) is 23.2 Å². The number of hydrogen-bond donors (Lipinski definition) is 1. The first-order valence-corrected chi connectivity index (χ1v) is 13.1. The van der Waals surface area contributed by atoms with E-state index in [0.717, 1.165) is 11.4 Å². The van der Waals surface area contributed by atoms with Gasteiger partial charge in [-0.2, -0.15) is 0 Å². The number of hydrogen-bond acceptors (Lipinski definition) is 6. The molecule has 0 saturated carbocycles. The molecular weight excluding hydrogens is 525 g/mol. The summed E-state index contributed by atoms with van der Waals surface area (Å²) in [4.78, 5) is 27.3. The second-order valence-electron chi connectivity index (χ2n) is 10.3. The molecule has 2 heterocycles. The van der Waals surface area contributed by atoms with E-state index in [2.05, 4.69) is 35.6 Å². The van der Waals surface area contributed by atoms with Gasteiger partial charge >= 0.3 is 5.97 Å². The highest BCUT2D eigenvalue weighted by molar-refractivity contribution is 6.33. The molecule has 10 heteroatoms. The van der Waals surface area contributed by atoms with E-state index in [1.54, 1.807) is 19.3 Å². The van der Waals surface area contributed by atoms with Crippen LogP contribution in [0.2, 0.25) is 10.0 Å². The van der Waals surface area contributed by atoms with Gasteiger partial charge in [-0.3, -0.25) is 4.79 Å². The number of anilines is 1. The maximum absolute atomic E-state index is 11.1. The van der Waals surface area contributed by atoms with E-state index in [1.807, 2.05) is 48.0 Å². The third kappa shape index (κ3) is 6.03. The minimum atomic E-state index is -0.847. The van der Waals surface area contributed by atoms with Crippen molar-refractivity contribution in [1.82, 2.24) is 19.5 Å². The Morgan fingerprint density at radius 3 is 2.58 bits per heavy atom. The number of carboxylic acids is 1. The Morgan fingerprint density at radius 2 is 1.92 bits per heavy atom. The van der Waals surface area contributed by atoms with Crippen molar-refractivity contribution in [2.75, 3.05) is 18.6 Å². The summed E-state index contributed by atoms with van der Waals surface area (Å²) in [6, 6.07) is 13.0. The number of benzene rings is 2. The molecule has 38 heavy (non-hydrogen) atoms. The summed E-state index contributed by atoms with van der Waals surface area (Å²) in [5.41, 5.74) is 2.86. The second kappa shape index (κ2) is 11.2. The summed E-state index contributed by atoms with van der Waals surface area (Å²) in [7, 11) is 1.99. The maximum Gasteiger partial charge on any atom is 0.306 e. The molecule has 0 saturated heterocycles. The van der Waals surface area contributed by atoms with Crippen molar-refractivity contribution in [1.29, 1.82) is 0 Å². The normalized spacial score (nSPS) is 12.5. The molecule has 200 valence electrons. The Kier molecular flexibility index (Phi) is 8.13. The van der Waals surface area contributed by atoms with Crippen molar-refractivity contribution in [3.05, 3.63) is 64.4 Å². The summed E-state index contributed by atoms with van der Waals surface area (Å²) < 4.78 is 7.78. The number of carboxylic acid groups (broad SMARTS) is 1. The van der Waals surface area contributed by atoms with E-state index in [1.165, 1.54) is 0 Å². The SMILES string of the molecule is CC(CCOc1ccc(-c2nc3c(N(C)C(C)(C)C)ncnc3n2Cc2cccc(Cl)c2)c(Cl)c1)C(=O)O. The highest BCUT2D eigenvalue weighted by atomic mass is 35.5. The summed E-state index contributed by atoms with van der Waals surface area (Å²) >= 11 is 13.0. The smallest absolute Gasteiger partial charge is 0.306 e. The molecule has 0 spiro atoms. The quantitative estimate of drug-likeness (QED) is 0.249. The van der Waals surface area contributed by atoms with Crippen LogP contribution in [0.1, 0.15) is 39.7 Å². The molecule has 0 aliphatic heterocycles. The van der Waals surface area contributed by atoms with Gasteiger partial charge in [0.15, 0.2) is 17.0 Å². The Morgan fingerprint density at radius 1 is 1.16 bits per heavy atom. The monoisotopic (exact) mass is 555 g/mol. The molecule has 8 nitrogen and oxygen atoms in total. The van der Waals surface area contributed by atoms with Crippen molar-refractivity contribution >= 4 is 46.2 Å². The molecule has 0 aliphatic carbocycles. The van der Waals surface area contributed by atoms with Crippen LogP contribution in [0, 0.1) is 5.92 Å². The molecule has 4 aromatic rings. The third-order valence-corrected chi connectivity index (χ3v) is 7.04. The fraction of sp³-hybridized carbons (Fsp3) is 0.357. The van der Waals surface area contributed by atoms with Crippen LogP contribution in [0.25, 0.3) is 22.6 Å². The molecule has 2 aromatic carbocycles. The van der Waals surface area contributed by atoms with Crippen molar-refractivity contribution < 1.29 is 14.6 Å². The molecule has 0 fully saturated rings. The van der Waals surface area contributed by atoms with Gasteiger partial charge in [-0.15, -0.1) is 0 Å². The van der Waals surface area contributed by atoms with Crippen LogP contribution in [0.5, 0.6) is 5.75 Å². The second-order valence-corrected chi connectivity index (χ2v) is 11.1. The lowest BCUT2D eigenvalue weighted by Crippen LogP contribution is -2.38. The fourth-order valence-electron chi connectivity index (χ4n) is 3.91. The molecule has 2 aromatic heterocycles. The topological polar surface area (TPSA) is 93.4 Å². The van der Waals surface area contributed by atoms with Crippen molar-refractivity contribution in [3.63, 3.8) is 0 Å². The van der Waals surface area contributed by atoms with Gasteiger partial charge in [0.25, 0.3) is 0 Å². The Balaban J connectivity index is 1.78. The predicted octanol–water partition coefficient (Wildman–Crippen LogP) is 6.57. The van der Waals surface area contributed by atoms with Gasteiger partial charge < -0.3 is 19.3 Å². The van der Waals surface area contributed by atoms with Gasteiger partial charge in [-0.1, -0.05) is 42.3 Å². The maximum atomic E-state index is 11.1. The van der Waals surface area contributed by atoms with Crippen LogP contribution >= 0.6 is 23.2 Å². The molecule has 1 atom stereocenters. The number of ether oxygens (including phenoxy) is 1. The lowest BCUT2D eigenvalue weighted by molar-refractivity contribution is -0.141. The number of aromatic nitrogens is 4. The number of carbonyl (C=O) groups is 1. The molecule has 0 amide bonds. The first kappa shape index (κ1) is 27.7. The van der Waals surface area contributed by atoms with Crippen LogP contribution in [0.4, 0.5) is 5.82 Å². The Labute approximate surface area is 232 Å². The average molecular weight is 556 g/mol. The summed E-state index contributed by atoms with van der Waals surface area (Å²) in [5, 5.41) is 10.2. The first-order chi connectivity index (χ1) is 18.0. The van der Waals surface area contributed by atoms with E-state index < -0.39 is 11.9 Å². The largest absolute Gasteiger partial charge is 0.494 e. The Hall–Kier alpha value is -3.36. The zero-order valence-electron chi connectivity index (χ0n) is 22.1. The predicted molar refractivity (Wildman–Crippen MR) is 151 cm³/mol. The summed E-state index contributed by atoms with van der Waals surface area (Å²) in [5.74, 6) is 0.580. The number of halogens is 2. The lowest BCUT2D eigenvalue weighted by atomic mass is 10.1. The van der Waals surface area contributed by atoms with Crippen molar-refractivity contribution in [2.24, 2.45) is 5.92 Å². The number of rotatable bonds is 9. The van der Waals surface area contributed by atoms with E-state index >= 15 is 0 Å². The standard InChI is InChI=1S/C28H31Cl2N5O3/c1-17(27(36)37)11-12-38-20-9-10-21(22(30)14-20)24-33-23-25(34(5)28(2,3)4)31-16-32-26(23)35(24)15-18-7-6-8-19(29)13-18/h6-10,13-14,16-17H,11-12,15H2,1-5H3,(H,36,37). The minimum absolute atomic E-state index is 0.188. The third-order valence-electron chi connectivity index (χ3n) is 6.49. The number of imidazole rings is 1. The number of nitrogens with zero attached hydrogens (tertiary/aromatic N) is 5. The van der Waals surface area contributed by atoms with Gasteiger partial charge in [0.2, 0.25) is 0 Å². The summed E-state index contributed by atoms with van der Waals surface area (Å²) in [6.45, 7) is 8.73. The van der Waals surface area contributed by atoms with Gasteiger partial charge in [0.05, 0.1) is 24.1 Å². The highest BCUT2D eigenvalue weighted by Gasteiger charge is 2.25. The van der Waals surface area contributed by atoms with Crippen LogP contribution in [0.15, 0.2) is 48.8 Å². The van der Waals surface area contributed by atoms with E-state index in [9.17, 15) is 4.79 Å². The summed E-state index contributed by atoms with van der Waals surface area (Å²) in [6.07, 6.45) is 1.95. The van der Waals surface area contributed by atoms with E-state index in [0.29, 0.717) is 51.3 Å². The van der Waals surface area contributed by atoms with Crippen LogP contribution < -0.4 is 9.64 Å². The molecule has 1 unspecified atom stereocenters. The Bertz CT molecular complexity index is 1460. The van der Waals surface area contributed by atoms with E-state index in [-0.39, 0.29) is 12.1 Å². The molecule has 1 N–H and O–H groups in total. The molecule has 4 rings (SSSR count). The average Bonchev–Trinajstić information content (AvgIpc) is 3.21. The van der Waals surface area contributed by atoms with Gasteiger partial charge in [-0.25, -0.2) is 15.0 Å². The molecule has 0 aliphatic rings. The first-order valence-electron chi connectivity index (χ1n) is 12.3. The van der Waals surface area contributed by atoms with Crippen LogP contribution in [0.3, 0.4) is 0 Å². The highest BCUT2D eigenvalue weighted by Crippen LogP contribution is 2.36. The zero-order chi connectivity index (χ0) is 27.6. The molecular formula is C28H31Cl2N5O3. The lowest BCUT2D eigenvalue weighted by Gasteiger charge is -2.32. The van der Waals surface area contributed by atoms with Crippen molar-refractivity contribution in [2.45, 2.75) is 46.2 Å². The zero-order valence-corrected chi connectivity index (χ0v) is 23.6.